The Morgan fingerprint density at radius 3 is 1.14 bits per heavy atom. The van der Waals surface area contributed by atoms with Gasteiger partial charge in [0.2, 0.25) is 0 Å². The zero-order chi connectivity index (χ0) is 32.1. The van der Waals surface area contributed by atoms with Crippen LogP contribution in [0.15, 0.2) is 48.5 Å². The highest BCUT2D eigenvalue weighted by Gasteiger charge is 2.39. The molecular weight excluding hydrogens is 539 g/mol. The van der Waals surface area contributed by atoms with Crippen molar-refractivity contribution in [2.45, 2.75) is 105 Å². The van der Waals surface area contributed by atoms with Gasteiger partial charge in [0, 0.05) is 43.7 Å². The Bertz CT molecular complexity index is 1360. The van der Waals surface area contributed by atoms with Crippen LogP contribution in [0.1, 0.15) is 116 Å². The fraction of sp³-hybridized carbons (Fsp3) is 0.486. The number of benzene rings is 3. The van der Waals surface area contributed by atoms with Crippen molar-refractivity contribution in [2.24, 2.45) is 0 Å². The van der Waals surface area contributed by atoms with Crippen LogP contribution in [0.2, 0.25) is 0 Å². The third-order valence-electron chi connectivity index (χ3n) is 7.92. The maximum Gasteiger partial charge on any atom is 0.171 e. The Kier molecular flexibility index (Phi) is 9.09. The topological polar surface area (TPSA) is 52.6 Å². The van der Waals surface area contributed by atoms with Crippen molar-refractivity contribution < 1.29 is 18.8 Å². The molecule has 4 nitrogen and oxygen atoms in total. The van der Waals surface area contributed by atoms with E-state index < -0.39 is 7.14 Å². The molecule has 0 bridgehead atoms. The lowest BCUT2D eigenvalue weighted by Gasteiger charge is -2.34. The molecule has 0 aliphatic heterocycles. The van der Waals surface area contributed by atoms with Gasteiger partial charge in [-0.25, -0.2) is 0 Å². The van der Waals surface area contributed by atoms with Crippen LogP contribution in [0.4, 0.5) is 0 Å². The Labute approximate surface area is 254 Å². The standard InChI is InChI=1S/C37H51O4P/c1-34(2,3)27-19-25(20-28(32(27)40-13)35(4,5)6)42(39,31-18-16-15-17-24(31)23-38)26-21-29(36(7,8)9)33(41-14)30(22-26)37(10,11)12/h15-23H,1-14H3. The van der Waals surface area contributed by atoms with E-state index in [-0.39, 0.29) is 21.7 Å². The van der Waals surface area contributed by atoms with E-state index in [1.165, 1.54) is 0 Å². The molecule has 0 saturated heterocycles. The van der Waals surface area contributed by atoms with Crippen molar-refractivity contribution in [3.8, 4) is 11.5 Å². The van der Waals surface area contributed by atoms with Gasteiger partial charge in [0.1, 0.15) is 11.5 Å². The number of methoxy groups -OCH3 is 2. The lowest BCUT2D eigenvalue weighted by atomic mass is 9.79. The van der Waals surface area contributed by atoms with E-state index in [2.05, 4.69) is 83.1 Å². The first kappa shape index (κ1) is 33.7. The molecule has 42 heavy (non-hydrogen) atoms. The van der Waals surface area contributed by atoms with E-state index >= 15 is 4.57 Å². The summed E-state index contributed by atoms with van der Waals surface area (Å²) >= 11 is 0. The fourth-order valence-corrected chi connectivity index (χ4v) is 8.45. The van der Waals surface area contributed by atoms with Crippen LogP contribution >= 0.6 is 7.14 Å². The van der Waals surface area contributed by atoms with Crippen LogP contribution in [0, 0.1) is 0 Å². The van der Waals surface area contributed by atoms with Crippen molar-refractivity contribution in [2.75, 3.05) is 14.2 Å². The molecule has 0 aromatic heterocycles. The fourth-order valence-electron chi connectivity index (χ4n) is 5.56. The highest BCUT2D eigenvalue weighted by Crippen LogP contribution is 2.50. The molecule has 0 aliphatic carbocycles. The first-order valence-electron chi connectivity index (χ1n) is 14.7. The minimum atomic E-state index is -3.62. The van der Waals surface area contributed by atoms with E-state index in [9.17, 15) is 4.79 Å². The summed E-state index contributed by atoms with van der Waals surface area (Å²) in [5.41, 5.74) is 3.21. The number of aldehydes is 1. The molecule has 0 atom stereocenters. The van der Waals surface area contributed by atoms with Gasteiger partial charge in [0.25, 0.3) is 0 Å². The maximum atomic E-state index is 16.3. The highest BCUT2D eigenvalue weighted by molar-refractivity contribution is 7.85. The molecule has 3 rings (SSSR count). The van der Waals surface area contributed by atoms with E-state index in [1.807, 2.05) is 42.5 Å². The van der Waals surface area contributed by atoms with Gasteiger partial charge in [-0.15, -0.1) is 0 Å². The van der Waals surface area contributed by atoms with E-state index in [1.54, 1.807) is 20.3 Å². The molecule has 3 aromatic carbocycles. The second kappa shape index (κ2) is 11.3. The molecule has 0 heterocycles. The van der Waals surface area contributed by atoms with Gasteiger partial charge in [-0.05, 0) is 45.9 Å². The number of rotatable bonds is 6. The molecule has 5 heteroatoms. The summed E-state index contributed by atoms with van der Waals surface area (Å²) in [6.07, 6.45) is 0.819. The molecule has 0 radical (unpaired) electrons. The van der Waals surface area contributed by atoms with Crippen LogP contribution in [-0.4, -0.2) is 20.5 Å². The van der Waals surface area contributed by atoms with Crippen molar-refractivity contribution in [3.05, 3.63) is 76.3 Å². The van der Waals surface area contributed by atoms with Crippen molar-refractivity contribution in [1.29, 1.82) is 0 Å². The summed E-state index contributed by atoms with van der Waals surface area (Å²) in [6.45, 7) is 25.8. The molecule has 0 fully saturated rings. The van der Waals surface area contributed by atoms with Crippen molar-refractivity contribution in [3.63, 3.8) is 0 Å². The third-order valence-corrected chi connectivity index (χ3v) is 11.0. The van der Waals surface area contributed by atoms with Gasteiger partial charge in [0.05, 0.1) is 14.2 Å². The maximum absolute atomic E-state index is 16.3. The first-order chi connectivity index (χ1) is 19.1. The normalized spacial score (nSPS) is 13.2. The Hall–Kier alpha value is -2.84. The minimum absolute atomic E-state index is 0.288. The Balaban J connectivity index is 2.71. The lowest BCUT2D eigenvalue weighted by Crippen LogP contribution is -2.32. The molecule has 3 aromatic rings. The van der Waals surface area contributed by atoms with Gasteiger partial charge in [-0.1, -0.05) is 107 Å². The van der Waals surface area contributed by atoms with Gasteiger partial charge in [-0.3, -0.25) is 4.79 Å². The second-order valence-electron chi connectivity index (χ2n) is 15.4. The monoisotopic (exact) mass is 590 g/mol. The summed E-state index contributed by atoms with van der Waals surface area (Å²) < 4.78 is 28.4. The van der Waals surface area contributed by atoms with Crippen LogP contribution in [0.5, 0.6) is 11.5 Å². The summed E-state index contributed by atoms with van der Waals surface area (Å²) in [6, 6.07) is 15.5. The minimum Gasteiger partial charge on any atom is -0.496 e. The molecule has 0 N–H and O–H groups in total. The van der Waals surface area contributed by atoms with Gasteiger partial charge >= 0.3 is 0 Å². The summed E-state index contributed by atoms with van der Waals surface area (Å²) in [5, 5.41) is 1.92. The van der Waals surface area contributed by atoms with Crippen molar-refractivity contribution in [1.82, 2.24) is 0 Å². The van der Waals surface area contributed by atoms with Crippen LogP contribution in [-0.2, 0) is 26.2 Å². The predicted octanol–water partition coefficient (Wildman–Crippen LogP) is 8.35. The average Bonchev–Trinajstić information content (AvgIpc) is 2.88. The Morgan fingerprint density at radius 2 is 0.881 bits per heavy atom. The molecule has 228 valence electrons. The van der Waals surface area contributed by atoms with E-state index in [0.29, 0.717) is 21.5 Å². The molecular formula is C37H51O4P. The second-order valence-corrected chi connectivity index (χ2v) is 18.2. The molecule has 0 spiro atoms. The number of ether oxygens (including phenoxy) is 2. The van der Waals surface area contributed by atoms with Gasteiger partial charge < -0.3 is 14.0 Å². The largest absolute Gasteiger partial charge is 0.496 e. The molecule has 0 aliphatic rings. The molecule has 0 unspecified atom stereocenters. The zero-order valence-corrected chi connectivity index (χ0v) is 29.2. The quantitative estimate of drug-likeness (QED) is 0.214. The van der Waals surface area contributed by atoms with Crippen LogP contribution < -0.4 is 25.4 Å². The number of carbonyl (C=O) groups excluding carboxylic acids is 1. The summed E-state index contributed by atoms with van der Waals surface area (Å²) in [5.74, 6) is 1.63. The number of hydrogen-bond acceptors (Lipinski definition) is 4. The third kappa shape index (κ3) is 6.25. The van der Waals surface area contributed by atoms with Crippen LogP contribution in [0.3, 0.4) is 0 Å². The Morgan fingerprint density at radius 1 is 0.571 bits per heavy atom. The van der Waals surface area contributed by atoms with Gasteiger partial charge in [0.15, 0.2) is 13.4 Å². The summed E-state index contributed by atoms with van der Waals surface area (Å²) in [4.78, 5) is 12.5. The average molecular weight is 591 g/mol. The van der Waals surface area contributed by atoms with Gasteiger partial charge in [-0.2, -0.15) is 0 Å². The predicted molar refractivity (Wildman–Crippen MR) is 179 cm³/mol. The number of carbonyl (C=O) groups is 1. The highest BCUT2D eigenvalue weighted by atomic mass is 31.2. The molecule has 0 saturated carbocycles. The zero-order valence-electron chi connectivity index (χ0n) is 28.3. The summed E-state index contributed by atoms with van der Waals surface area (Å²) in [7, 11) is -0.212. The van der Waals surface area contributed by atoms with E-state index in [0.717, 1.165) is 40.0 Å². The number of hydrogen-bond donors (Lipinski definition) is 0. The van der Waals surface area contributed by atoms with Crippen LogP contribution in [0.25, 0.3) is 0 Å². The van der Waals surface area contributed by atoms with E-state index in [4.69, 9.17) is 9.47 Å². The molecule has 0 amide bonds. The van der Waals surface area contributed by atoms with Crippen molar-refractivity contribution >= 4 is 29.3 Å². The lowest BCUT2D eigenvalue weighted by molar-refractivity contribution is 0.112. The smallest absolute Gasteiger partial charge is 0.171 e. The first-order valence-corrected chi connectivity index (χ1v) is 16.4. The SMILES string of the molecule is COc1c(C(C)(C)C)cc(P(=O)(c2cc(C(C)(C)C)c(OC)c(C(C)(C)C)c2)c2ccccc2C=O)cc1C(C)(C)C.